The highest BCUT2D eigenvalue weighted by atomic mass is 16.6. The summed E-state index contributed by atoms with van der Waals surface area (Å²) >= 11 is 0. The molecule has 2 aromatic rings. The number of nitrogens with zero attached hydrogens (tertiary/aromatic N) is 3. The van der Waals surface area contributed by atoms with Crippen molar-refractivity contribution in [3.05, 3.63) is 30.0 Å². The predicted molar refractivity (Wildman–Crippen MR) is 72.7 cm³/mol. The molecule has 0 unspecified atom stereocenters. The first kappa shape index (κ1) is 12.2. The van der Waals surface area contributed by atoms with Gasteiger partial charge in [-0.3, -0.25) is 0 Å². The third-order valence-electron chi connectivity index (χ3n) is 2.90. The van der Waals surface area contributed by atoms with Gasteiger partial charge in [-0.15, -0.1) is 0 Å². The Labute approximate surface area is 116 Å². The Hall–Kier alpha value is -2.81. The smallest absolute Gasteiger partial charge is 0.163 e. The quantitative estimate of drug-likeness (QED) is 0.895. The van der Waals surface area contributed by atoms with Gasteiger partial charge in [0, 0.05) is 18.7 Å². The standard InChI is InChI=1S/C14H12N4O2/c1-16-13-7-10(8-15)17-14(18-13)9-2-3-11-12(6-9)20-5-4-19-11/h2-3,6-7H,4-5H2,1H3,(H,16,17,18). The van der Waals surface area contributed by atoms with Crippen molar-refractivity contribution in [2.75, 3.05) is 25.6 Å². The van der Waals surface area contributed by atoms with Gasteiger partial charge in [0.15, 0.2) is 17.3 Å². The van der Waals surface area contributed by atoms with E-state index in [1.807, 2.05) is 24.3 Å². The number of anilines is 1. The molecule has 1 aliphatic rings. The van der Waals surface area contributed by atoms with Crippen LogP contribution in [-0.4, -0.2) is 30.2 Å². The second-order valence-electron chi connectivity index (χ2n) is 4.18. The van der Waals surface area contributed by atoms with Crippen LogP contribution >= 0.6 is 0 Å². The van der Waals surface area contributed by atoms with E-state index in [0.717, 1.165) is 5.56 Å². The zero-order valence-corrected chi connectivity index (χ0v) is 10.9. The third kappa shape index (κ3) is 2.21. The van der Waals surface area contributed by atoms with Crippen molar-refractivity contribution in [3.63, 3.8) is 0 Å². The first-order valence-electron chi connectivity index (χ1n) is 6.17. The third-order valence-corrected chi connectivity index (χ3v) is 2.90. The van der Waals surface area contributed by atoms with Gasteiger partial charge in [0.25, 0.3) is 0 Å². The van der Waals surface area contributed by atoms with Crippen molar-refractivity contribution in [1.82, 2.24) is 9.97 Å². The molecule has 0 saturated heterocycles. The van der Waals surface area contributed by atoms with E-state index in [9.17, 15) is 0 Å². The van der Waals surface area contributed by atoms with Gasteiger partial charge in [0.1, 0.15) is 30.8 Å². The topological polar surface area (TPSA) is 80.1 Å². The fraction of sp³-hybridized carbons (Fsp3) is 0.214. The molecule has 1 N–H and O–H groups in total. The molecule has 20 heavy (non-hydrogen) atoms. The summed E-state index contributed by atoms with van der Waals surface area (Å²) in [6, 6.07) is 9.12. The van der Waals surface area contributed by atoms with Crippen LogP contribution in [0.5, 0.6) is 11.5 Å². The minimum atomic E-state index is 0.314. The number of ether oxygens (including phenoxy) is 2. The molecule has 6 heteroatoms. The van der Waals surface area contributed by atoms with Gasteiger partial charge < -0.3 is 14.8 Å². The van der Waals surface area contributed by atoms with Crippen LogP contribution in [0.25, 0.3) is 11.4 Å². The summed E-state index contributed by atoms with van der Waals surface area (Å²) in [4.78, 5) is 8.56. The van der Waals surface area contributed by atoms with Crippen LogP contribution in [0.15, 0.2) is 24.3 Å². The van der Waals surface area contributed by atoms with E-state index >= 15 is 0 Å². The fourth-order valence-electron chi connectivity index (χ4n) is 1.94. The highest BCUT2D eigenvalue weighted by Crippen LogP contribution is 2.33. The van der Waals surface area contributed by atoms with Crippen LogP contribution in [0.3, 0.4) is 0 Å². The lowest BCUT2D eigenvalue weighted by molar-refractivity contribution is 0.171. The highest BCUT2D eigenvalue weighted by molar-refractivity contribution is 5.63. The lowest BCUT2D eigenvalue weighted by Gasteiger charge is -2.18. The second-order valence-corrected chi connectivity index (χ2v) is 4.18. The molecule has 0 saturated carbocycles. The Balaban J connectivity index is 2.06. The zero-order chi connectivity index (χ0) is 13.9. The molecule has 0 spiro atoms. The van der Waals surface area contributed by atoms with E-state index in [2.05, 4.69) is 15.3 Å². The predicted octanol–water partition coefficient (Wildman–Crippen LogP) is 1.83. The van der Waals surface area contributed by atoms with E-state index in [1.165, 1.54) is 0 Å². The molecule has 1 aliphatic heterocycles. The molecule has 1 aromatic carbocycles. The summed E-state index contributed by atoms with van der Waals surface area (Å²) in [6.45, 7) is 1.08. The normalized spacial score (nSPS) is 12.6. The van der Waals surface area contributed by atoms with E-state index in [1.54, 1.807) is 13.1 Å². The molecule has 0 amide bonds. The average molecular weight is 268 g/mol. The number of fused-ring (bicyclic) bond motifs is 1. The first-order valence-corrected chi connectivity index (χ1v) is 6.17. The summed E-state index contributed by atoms with van der Waals surface area (Å²) in [5, 5.41) is 11.9. The number of benzene rings is 1. The van der Waals surface area contributed by atoms with E-state index < -0.39 is 0 Å². The number of hydrogen-bond donors (Lipinski definition) is 1. The molecule has 100 valence electrons. The lowest BCUT2D eigenvalue weighted by atomic mass is 10.1. The van der Waals surface area contributed by atoms with Crippen LogP contribution < -0.4 is 14.8 Å². The zero-order valence-electron chi connectivity index (χ0n) is 10.9. The Kier molecular flexibility index (Phi) is 3.09. The molecule has 0 bridgehead atoms. The van der Waals surface area contributed by atoms with Crippen molar-refractivity contribution in [1.29, 1.82) is 5.26 Å². The average Bonchev–Trinajstić information content (AvgIpc) is 2.53. The molecule has 0 aliphatic carbocycles. The van der Waals surface area contributed by atoms with Gasteiger partial charge in [0.05, 0.1) is 0 Å². The maximum atomic E-state index is 9.01. The second kappa shape index (κ2) is 5.05. The van der Waals surface area contributed by atoms with Crippen LogP contribution in [0.1, 0.15) is 5.69 Å². The fourth-order valence-corrected chi connectivity index (χ4v) is 1.94. The molecule has 3 rings (SSSR count). The van der Waals surface area contributed by atoms with Gasteiger partial charge in [-0.25, -0.2) is 9.97 Å². The summed E-state index contributed by atoms with van der Waals surface area (Å²) in [6.07, 6.45) is 0. The summed E-state index contributed by atoms with van der Waals surface area (Å²) in [5.74, 6) is 2.46. The minimum absolute atomic E-state index is 0.314. The van der Waals surface area contributed by atoms with Gasteiger partial charge in [-0.2, -0.15) is 5.26 Å². The molecule has 1 aromatic heterocycles. The number of aromatic nitrogens is 2. The molecular weight excluding hydrogens is 256 g/mol. The van der Waals surface area contributed by atoms with Crippen molar-refractivity contribution < 1.29 is 9.47 Å². The van der Waals surface area contributed by atoms with Crippen LogP contribution in [0.2, 0.25) is 0 Å². The minimum Gasteiger partial charge on any atom is -0.486 e. The van der Waals surface area contributed by atoms with Crippen molar-refractivity contribution in [2.24, 2.45) is 0 Å². The summed E-state index contributed by atoms with van der Waals surface area (Å²) in [5.41, 5.74) is 1.09. The van der Waals surface area contributed by atoms with Crippen molar-refractivity contribution in [3.8, 4) is 29.0 Å². The summed E-state index contributed by atoms with van der Waals surface area (Å²) < 4.78 is 11.0. The van der Waals surface area contributed by atoms with Gasteiger partial charge >= 0.3 is 0 Å². The van der Waals surface area contributed by atoms with Crippen molar-refractivity contribution >= 4 is 5.82 Å². The Morgan fingerprint density at radius 2 is 1.95 bits per heavy atom. The van der Waals surface area contributed by atoms with Gasteiger partial charge in [0.2, 0.25) is 0 Å². The Morgan fingerprint density at radius 1 is 1.15 bits per heavy atom. The van der Waals surface area contributed by atoms with E-state index in [4.69, 9.17) is 14.7 Å². The molecule has 0 atom stereocenters. The highest BCUT2D eigenvalue weighted by Gasteiger charge is 2.14. The molecular formula is C14H12N4O2. The lowest BCUT2D eigenvalue weighted by Crippen LogP contribution is -2.15. The van der Waals surface area contributed by atoms with E-state index in [-0.39, 0.29) is 0 Å². The summed E-state index contributed by atoms with van der Waals surface area (Å²) in [7, 11) is 1.75. The molecule has 6 nitrogen and oxygen atoms in total. The maximum Gasteiger partial charge on any atom is 0.163 e. The molecule has 0 radical (unpaired) electrons. The number of hydrogen-bond acceptors (Lipinski definition) is 6. The largest absolute Gasteiger partial charge is 0.486 e. The van der Waals surface area contributed by atoms with Gasteiger partial charge in [-0.05, 0) is 18.2 Å². The van der Waals surface area contributed by atoms with Crippen molar-refractivity contribution in [2.45, 2.75) is 0 Å². The number of rotatable bonds is 2. The Bertz CT molecular complexity index is 694. The molecule has 0 fully saturated rings. The van der Waals surface area contributed by atoms with Crippen LogP contribution in [0.4, 0.5) is 5.82 Å². The molecule has 2 heterocycles. The SMILES string of the molecule is CNc1cc(C#N)nc(-c2ccc3c(c2)OCCO3)n1. The first-order chi connectivity index (χ1) is 9.80. The van der Waals surface area contributed by atoms with Gasteiger partial charge in [-0.1, -0.05) is 0 Å². The monoisotopic (exact) mass is 268 g/mol. The number of nitrogens with one attached hydrogen (secondary N) is 1. The van der Waals surface area contributed by atoms with E-state index in [0.29, 0.717) is 42.0 Å². The van der Waals surface area contributed by atoms with Crippen LogP contribution in [0, 0.1) is 11.3 Å². The van der Waals surface area contributed by atoms with Crippen LogP contribution in [-0.2, 0) is 0 Å². The number of nitriles is 1. The Morgan fingerprint density at radius 3 is 2.70 bits per heavy atom. The maximum absolute atomic E-state index is 9.01.